The normalized spacial score (nSPS) is 47.4. The van der Waals surface area contributed by atoms with Crippen LogP contribution in [-0.4, -0.2) is 573 Å². The monoisotopic (exact) mass is 2110 g/mol. The lowest BCUT2D eigenvalue weighted by molar-refractivity contribution is -0.143. The molecule has 0 bridgehead atoms. The standard InChI is InChI=1S/2C8H17NO5.C7H15NO3.C6H13NO4.6C6H13NO3.C5H11NO3.3C5H11NO2/c2*1-2-8(9)7(13)5(12)6(14-8)4(11)3-10;1-2-4-6(8)7(10)5(3-9)11-4;1-2(8)5-3(7)4(9)6(10)11-5;1-3-6(9)5(7)4(2-8)10-3;5*1-3-5(7)6(9)4(2-8)10-3;1-2-3(6)4(7)5(8)9-2;1-3-5(6)4(7)2-8-3;2*1-3-5(7)4(6)2-8-3/h2*4-7,10-13H,2-3,9H2,1H3;4-7,9-10H,2-3,8H2,1H3;2-6,8-10H,7H2,1H3;6*3-6,8-9H,2,7H2,1H3;2-5,7-8H,6H2,1H3;3*3-5,7H,2,6H2,1H3/t4?,5?,6-,7?,8+;4?,5?,6-,7?,8-;4-,5-,6-,7+;2?,3-,4+,5+,6-;3-,4-,5-,6?;3-,4+,5-,6+;3-,4-,5+,6?;3-,4-,5+,6+;3-,4-,5-,6?;3-,4-,5-,6+;2-,3-,4-,5+;3-,4+,5+;3-,4+,5?;3-,4-,5-/m01101111111111/s1. The Morgan fingerprint density at radius 1 is 0.259 bits per heavy atom. The van der Waals surface area contributed by atoms with Crippen molar-refractivity contribution in [2.24, 2.45) is 80.3 Å². The highest BCUT2D eigenvalue weighted by molar-refractivity contribution is 5.03. The Morgan fingerprint density at radius 2 is 0.517 bits per heavy atom. The molecule has 58 heteroatoms. The molecule has 14 fully saturated rings. The third-order valence-corrected chi connectivity index (χ3v) is 26.6. The maximum absolute atomic E-state index is 9.54. The summed E-state index contributed by atoms with van der Waals surface area (Å²) in [5.41, 5.74) is 74.2. The highest BCUT2D eigenvalue weighted by atomic mass is 16.7. The molecule has 0 aliphatic carbocycles. The third kappa shape index (κ3) is 40.2. The number of ether oxygens (including phenoxy) is 14. The topological polar surface area (TPSA) is 1100 Å². The summed E-state index contributed by atoms with van der Waals surface area (Å²) in [5.74, 6) is 0. The van der Waals surface area contributed by atoms with Crippen LogP contribution in [0.15, 0.2) is 0 Å². The van der Waals surface area contributed by atoms with E-state index in [1.807, 2.05) is 27.7 Å². The Balaban J connectivity index is 0.000000772. The largest absolute Gasteiger partial charge is 0.394 e. The first-order valence-corrected chi connectivity index (χ1v) is 47.9. The van der Waals surface area contributed by atoms with Gasteiger partial charge < -0.3 is 300 Å². The van der Waals surface area contributed by atoms with Crippen LogP contribution in [0.2, 0.25) is 0 Å². The van der Waals surface area contributed by atoms with E-state index in [1.165, 1.54) is 6.92 Å². The summed E-state index contributed by atoms with van der Waals surface area (Å²) < 4.78 is 70.8. The van der Waals surface area contributed by atoms with Gasteiger partial charge in [-0.1, -0.05) is 20.8 Å². The van der Waals surface area contributed by atoms with Crippen molar-refractivity contribution in [2.45, 2.75) is 457 Å². The Hall–Kier alpha value is -2.32. The molecule has 0 aromatic rings. The molecule has 0 spiro atoms. The minimum absolute atomic E-state index is 0.0185. The molecule has 0 aromatic heterocycles. The van der Waals surface area contributed by atoms with E-state index in [1.54, 1.807) is 62.3 Å². The van der Waals surface area contributed by atoms with Crippen molar-refractivity contribution in [3.63, 3.8) is 0 Å². The molecular formula is C85H184N14O44. The van der Waals surface area contributed by atoms with Crippen molar-refractivity contribution in [1.29, 1.82) is 0 Å². The minimum atomic E-state index is -1.35. The lowest BCUT2D eigenvalue weighted by Gasteiger charge is -2.26. The van der Waals surface area contributed by atoms with Crippen LogP contribution in [0.4, 0.5) is 0 Å². The van der Waals surface area contributed by atoms with Crippen molar-refractivity contribution in [2.75, 3.05) is 79.3 Å². The Morgan fingerprint density at radius 3 is 0.636 bits per heavy atom. The van der Waals surface area contributed by atoms with Gasteiger partial charge in [-0.05, 0) is 95.4 Å². The smallest absolute Gasteiger partial charge is 0.182 e. The van der Waals surface area contributed by atoms with Crippen molar-refractivity contribution >= 4 is 0 Å². The van der Waals surface area contributed by atoms with Gasteiger partial charge in [-0.25, -0.2) is 0 Å². The van der Waals surface area contributed by atoms with Crippen molar-refractivity contribution in [3.05, 3.63) is 0 Å². The molecule has 14 aliphatic heterocycles. The molecule has 11 unspecified atom stereocenters. The first-order chi connectivity index (χ1) is 66.4. The molecule has 143 heavy (non-hydrogen) atoms. The fraction of sp³-hybridized carbons (Fsp3) is 1.00. The molecule has 0 aromatic carbocycles. The van der Waals surface area contributed by atoms with Gasteiger partial charge in [0.15, 0.2) is 12.6 Å². The lowest BCUT2D eigenvalue weighted by Crippen LogP contribution is -2.50. The average molecular weight is 2110 g/mol. The second kappa shape index (κ2) is 66.7. The van der Waals surface area contributed by atoms with Crippen LogP contribution < -0.4 is 80.3 Å². The second-order valence-corrected chi connectivity index (χ2v) is 37.5. The van der Waals surface area contributed by atoms with Gasteiger partial charge in [-0.3, -0.25) is 0 Å². The molecule has 14 rings (SSSR count). The van der Waals surface area contributed by atoms with Gasteiger partial charge >= 0.3 is 0 Å². The third-order valence-electron chi connectivity index (χ3n) is 26.6. The first-order valence-electron chi connectivity index (χ1n) is 47.9. The first kappa shape index (κ1) is 139. The van der Waals surface area contributed by atoms with E-state index in [4.69, 9.17) is 233 Å². The summed E-state index contributed by atoms with van der Waals surface area (Å²) in [5, 5.41) is 271. The van der Waals surface area contributed by atoms with E-state index in [0.717, 1.165) is 6.42 Å². The van der Waals surface area contributed by atoms with Crippen LogP contribution in [0.5, 0.6) is 0 Å². The van der Waals surface area contributed by atoms with Crippen molar-refractivity contribution in [3.8, 4) is 0 Å². The summed E-state index contributed by atoms with van der Waals surface area (Å²) in [7, 11) is 0. The van der Waals surface area contributed by atoms with E-state index in [2.05, 4.69) is 0 Å². The lowest BCUT2D eigenvalue weighted by atomic mass is 9.99. The van der Waals surface area contributed by atoms with Crippen LogP contribution in [0.25, 0.3) is 0 Å². The van der Waals surface area contributed by atoms with E-state index in [0.29, 0.717) is 32.7 Å². The molecule has 58 N–H and O–H groups in total. The van der Waals surface area contributed by atoms with E-state index in [9.17, 15) is 66.4 Å². The Labute approximate surface area is 833 Å². The van der Waals surface area contributed by atoms with Crippen molar-refractivity contribution < 1.29 is 220 Å². The van der Waals surface area contributed by atoms with Gasteiger partial charge in [0.05, 0.1) is 292 Å². The molecule has 0 saturated carbocycles. The number of aliphatic hydroxyl groups is 30. The van der Waals surface area contributed by atoms with Gasteiger partial charge in [-0.2, -0.15) is 0 Å². The summed E-state index contributed by atoms with van der Waals surface area (Å²) >= 11 is 0. The maximum atomic E-state index is 9.54. The number of aliphatic hydroxyl groups excluding tert-OH is 30. The summed E-state index contributed by atoms with van der Waals surface area (Å²) in [4.78, 5) is 0. The average Bonchev–Trinajstić information content (AvgIpc) is 1.64. The van der Waals surface area contributed by atoms with Gasteiger partial charge in [0.1, 0.15) is 115 Å². The van der Waals surface area contributed by atoms with Gasteiger partial charge in [-0.15, -0.1) is 0 Å². The second-order valence-electron chi connectivity index (χ2n) is 37.5. The van der Waals surface area contributed by atoms with Crippen LogP contribution in [0, 0.1) is 0 Å². The van der Waals surface area contributed by atoms with Crippen LogP contribution in [0.3, 0.4) is 0 Å². The highest BCUT2D eigenvalue weighted by Crippen LogP contribution is 2.34. The molecular weight excluding hydrogens is 1920 g/mol. The van der Waals surface area contributed by atoms with E-state index >= 15 is 0 Å². The predicted octanol–water partition coefficient (Wildman–Crippen LogP) is -21.9. The minimum Gasteiger partial charge on any atom is -0.394 e. The molecule has 56 atom stereocenters. The quantitative estimate of drug-likeness (QED) is 0.0724. The van der Waals surface area contributed by atoms with Crippen LogP contribution in [-0.2, 0) is 66.3 Å². The van der Waals surface area contributed by atoms with E-state index in [-0.39, 0.29) is 168 Å². The fourth-order valence-corrected chi connectivity index (χ4v) is 15.7. The van der Waals surface area contributed by atoms with Crippen molar-refractivity contribution in [1.82, 2.24) is 0 Å². The molecule has 0 amide bonds. The predicted molar refractivity (Wildman–Crippen MR) is 502 cm³/mol. The fourth-order valence-electron chi connectivity index (χ4n) is 15.7. The zero-order valence-electron chi connectivity index (χ0n) is 84.0. The van der Waals surface area contributed by atoms with Crippen LogP contribution in [0.1, 0.15) is 116 Å². The molecule has 858 valence electrons. The SMILES string of the molecule is CC(O)[C@H]1O[C@H](O)[C@H](O)[C@@H]1N.CC[C@@]1(N)O[C@@H](C(O)CO)C(O)C1O.CC[C@@]1(N)O[C@H](C(O)CO)C(O)C1O.CC[C@H]1O[C@H](CO)[C@H](O)[C@@H]1N.C[C@H]1OC[C@@H](N)[C@@H]1O.C[C@H]1OC[C@H](N)C1O.C[C@H]1OC[C@H](O)[C@H]1N.C[C@H]1O[C@@H](CO)[C@H](O)[C@@H]1N.C[C@H]1O[C@H](CO)C(O)[C@@H]1N.C[C@H]1O[C@H](CO)C(O)[C@H]1N.C[C@H]1O[C@H](CO)[C@@H](N)C1O.C[C@H]1O[C@H](CO)[C@H](O)[C@@H]1N.C[C@H]1O[C@H](CO)[C@H](O)[C@H]1N.C[C@H]1O[C@H](O)[C@H](O)[C@@H]1N. The molecule has 14 saturated heterocycles. The maximum Gasteiger partial charge on any atom is 0.182 e. The van der Waals surface area contributed by atoms with Gasteiger partial charge in [0, 0.05) is 0 Å². The number of rotatable bonds is 15. The Bertz CT molecular complexity index is 2920. The zero-order valence-corrected chi connectivity index (χ0v) is 84.0. The number of nitrogens with two attached hydrogens (primary N) is 14. The molecule has 14 aliphatic rings. The number of hydrogen-bond donors (Lipinski definition) is 44. The number of hydrogen-bond acceptors (Lipinski definition) is 58. The van der Waals surface area contributed by atoms with Crippen LogP contribution >= 0.6 is 0 Å². The van der Waals surface area contributed by atoms with Gasteiger partial charge in [0.2, 0.25) is 0 Å². The highest BCUT2D eigenvalue weighted by Gasteiger charge is 2.55. The Kier molecular flexibility index (Phi) is 64.7. The summed E-state index contributed by atoms with van der Waals surface area (Å²) in [6, 6.07) is -4.33. The summed E-state index contributed by atoms with van der Waals surface area (Å²) in [6.07, 6.45) is -25.4. The molecule has 14 heterocycles. The van der Waals surface area contributed by atoms with Gasteiger partial charge in [0.25, 0.3) is 0 Å². The summed E-state index contributed by atoms with van der Waals surface area (Å²) in [6.45, 7) is 23.8. The molecule has 58 nitrogen and oxygen atoms in total. The molecule has 0 radical (unpaired) electrons. The van der Waals surface area contributed by atoms with E-state index < -0.39 is 232 Å². The zero-order chi connectivity index (χ0) is 111.